The van der Waals surface area contributed by atoms with Crippen LogP contribution in [-0.2, 0) is 11.3 Å². The van der Waals surface area contributed by atoms with E-state index in [0.29, 0.717) is 17.1 Å². The lowest BCUT2D eigenvalue weighted by molar-refractivity contribution is -0.116. The Kier molecular flexibility index (Phi) is 5.35. The number of ether oxygens (including phenoxy) is 1. The fourth-order valence-corrected chi connectivity index (χ4v) is 2.72. The lowest BCUT2D eigenvalue weighted by atomic mass is 10.1. The minimum absolute atomic E-state index is 0.106. The highest BCUT2D eigenvalue weighted by molar-refractivity contribution is 5.90. The van der Waals surface area contributed by atoms with Gasteiger partial charge in [0, 0.05) is 17.3 Å². The predicted molar refractivity (Wildman–Crippen MR) is 105 cm³/mol. The maximum atomic E-state index is 12.4. The van der Waals surface area contributed by atoms with Crippen molar-refractivity contribution in [3.05, 3.63) is 76.3 Å². The van der Waals surface area contributed by atoms with Crippen molar-refractivity contribution >= 4 is 11.6 Å². The van der Waals surface area contributed by atoms with Gasteiger partial charge in [-0.25, -0.2) is 4.98 Å². The van der Waals surface area contributed by atoms with E-state index >= 15 is 0 Å². The Morgan fingerprint density at radius 2 is 1.89 bits per heavy atom. The smallest absolute Gasteiger partial charge is 0.254 e. The van der Waals surface area contributed by atoms with Crippen molar-refractivity contribution in [2.24, 2.45) is 0 Å². The number of hydrogen-bond acceptors (Lipinski definition) is 4. The zero-order valence-electron chi connectivity index (χ0n) is 15.5. The normalized spacial score (nSPS) is 10.5. The molecular formula is C21H21N3O3. The molecule has 27 heavy (non-hydrogen) atoms. The number of amides is 1. The molecule has 0 unspecified atom stereocenters. The van der Waals surface area contributed by atoms with E-state index in [4.69, 9.17) is 4.74 Å². The van der Waals surface area contributed by atoms with E-state index in [2.05, 4.69) is 10.3 Å². The Bertz CT molecular complexity index is 1040. The number of methoxy groups -OCH3 is 1. The number of rotatable bonds is 5. The Labute approximate surface area is 157 Å². The molecule has 1 N–H and O–H groups in total. The van der Waals surface area contributed by atoms with Gasteiger partial charge in [0.05, 0.1) is 19.1 Å². The third-order valence-corrected chi connectivity index (χ3v) is 4.37. The van der Waals surface area contributed by atoms with Gasteiger partial charge in [-0.2, -0.15) is 0 Å². The molecule has 0 aliphatic carbocycles. The van der Waals surface area contributed by atoms with Crippen molar-refractivity contribution in [2.45, 2.75) is 20.4 Å². The first-order chi connectivity index (χ1) is 13.0. The summed E-state index contributed by atoms with van der Waals surface area (Å²) in [6, 6.07) is 14.4. The Hall–Kier alpha value is -3.41. The number of aromatic nitrogens is 2. The number of benzene rings is 2. The highest BCUT2D eigenvalue weighted by atomic mass is 16.5. The molecule has 3 aromatic rings. The number of carbonyl (C=O) groups excluding carboxylic acids is 1. The summed E-state index contributed by atoms with van der Waals surface area (Å²) >= 11 is 0. The number of anilines is 1. The molecule has 0 spiro atoms. The van der Waals surface area contributed by atoms with Crippen LogP contribution in [0.4, 0.5) is 5.69 Å². The predicted octanol–water partition coefficient (Wildman–Crippen LogP) is 3.17. The Balaban J connectivity index is 1.77. The van der Waals surface area contributed by atoms with Crippen LogP contribution in [0.1, 0.15) is 11.1 Å². The first-order valence-electron chi connectivity index (χ1n) is 8.55. The Morgan fingerprint density at radius 3 is 2.59 bits per heavy atom. The van der Waals surface area contributed by atoms with Crippen molar-refractivity contribution in [2.75, 3.05) is 12.4 Å². The van der Waals surface area contributed by atoms with Gasteiger partial charge < -0.3 is 10.1 Å². The molecule has 0 aliphatic rings. The number of nitrogens with zero attached hydrogens (tertiary/aromatic N) is 2. The van der Waals surface area contributed by atoms with Crippen molar-refractivity contribution < 1.29 is 9.53 Å². The van der Waals surface area contributed by atoms with Gasteiger partial charge in [0.15, 0.2) is 0 Å². The van der Waals surface area contributed by atoms with Gasteiger partial charge in [-0.3, -0.25) is 14.2 Å². The summed E-state index contributed by atoms with van der Waals surface area (Å²) < 4.78 is 6.58. The maximum absolute atomic E-state index is 12.4. The van der Waals surface area contributed by atoms with Gasteiger partial charge in [-0.15, -0.1) is 0 Å². The molecule has 1 amide bonds. The minimum Gasteiger partial charge on any atom is -0.496 e. The summed E-state index contributed by atoms with van der Waals surface area (Å²) in [6.07, 6.45) is 1.38. The molecule has 3 rings (SSSR count). The fraction of sp³-hybridized carbons (Fsp3) is 0.190. The van der Waals surface area contributed by atoms with Gasteiger partial charge >= 0.3 is 0 Å². The van der Waals surface area contributed by atoms with Crippen LogP contribution in [0.25, 0.3) is 11.3 Å². The summed E-state index contributed by atoms with van der Waals surface area (Å²) in [7, 11) is 1.57. The minimum atomic E-state index is -0.304. The van der Waals surface area contributed by atoms with Crippen LogP contribution < -0.4 is 15.6 Å². The average molecular weight is 363 g/mol. The third kappa shape index (κ3) is 4.23. The highest BCUT2D eigenvalue weighted by Gasteiger charge is 2.10. The summed E-state index contributed by atoms with van der Waals surface area (Å²) in [4.78, 5) is 29.0. The van der Waals surface area contributed by atoms with Crippen LogP contribution in [0.5, 0.6) is 5.75 Å². The molecule has 0 radical (unpaired) electrons. The second-order valence-corrected chi connectivity index (χ2v) is 6.29. The number of nitrogens with one attached hydrogen (secondary N) is 1. The molecule has 2 aromatic carbocycles. The van der Waals surface area contributed by atoms with E-state index in [0.717, 1.165) is 16.7 Å². The van der Waals surface area contributed by atoms with Crippen LogP contribution in [0.3, 0.4) is 0 Å². The summed E-state index contributed by atoms with van der Waals surface area (Å²) in [5.74, 6) is 0.349. The highest BCUT2D eigenvalue weighted by Crippen LogP contribution is 2.26. The van der Waals surface area contributed by atoms with Crippen LogP contribution in [-0.4, -0.2) is 22.6 Å². The van der Waals surface area contributed by atoms with Crippen molar-refractivity contribution in [3.63, 3.8) is 0 Å². The largest absolute Gasteiger partial charge is 0.496 e. The Morgan fingerprint density at radius 1 is 1.11 bits per heavy atom. The van der Waals surface area contributed by atoms with E-state index in [9.17, 15) is 9.59 Å². The molecule has 138 valence electrons. The zero-order chi connectivity index (χ0) is 19.4. The van der Waals surface area contributed by atoms with Crippen molar-refractivity contribution in [1.29, 1.82) is 0 Å². The van der Waals surface area contributed by atoms with Crippen LogP contribution in [0.2, 0.25) is 0 Å². The average Bonchev–Trinajstić information content (AvgIpc) is 2.66. The van der Waals surface area contributed by atoms with Gasteiger partial charge in [0.25, 0.3) is 5.56 Å². The number of hydrogen-bond donors (Lipinski definition) is 1. The van der Waals surface area contributed by atoms with Gasteiger partial charge in [-0.1, -0.05) is 18.2 Å². The van der Waals surface area contributed by atoms with E-state index in [1.165, 1.54) is 17.0 Å². The molecule has 0 atom stereocenters. The molecule has 0 fully saturated rings. The molecule has 6 heteroatoms. The molecule has 1 heterocycles. The lowest BCUT2D eigenvalue weighted by Gasteiger charge is -2.10. The number of aryl methyl sites for hydroxylation is 2. The molecular weight excluding hydrogens is 342 g/mol. The first-order valence-corrected chi connectivity index (χ1v) is 8.55. The summed E-state index contributed by atoms with van der Waals surface area (Å²) in [6.45, 7) is 3.89. The molecule has 1 aromatic heterocycles. The molecule has 6 nitrogen and oxygen atoms in total. The molecule has 0 aliphatic heterocycles. The summed E-state index contributed by atoms with van der Waals surface area (Å²) in [5.41, 5.74) is 3.87. The van der Waals surface area contributed by atoms with Crippen LogP contribution in [0, 0.1) is 13.8 Å². The monoisotopic (exact) mass is 363 g/mol. The van der Waals surface area contributed by atoms with E-state index < -0.39 is 0 Å². The van der Waals surface area contributed by atoms with Crippen LogP contribution >= 0.6 is 0 Å². The standard InChI is InChI=1S/C21H21N3O3/c1-14-8-9-16(10-15(14)2)23-20(25)12-24-13-22-18(11-21(24)26)17-6-4-5-7-19(17)27-3/h4-11,13H,12H2,1-3H3,(H,23,25). The lowest BCUT2D eigenvalue weighted by Crippen LogP contribution is -2.27. The maximum Gasteiger partial charge on any atom is 0.254 e. The third-order valence-electron chi connectivity index (χ3n) is 4.37. The fourth-order valence-electron chi connectivity index (χ4n) is 2.72. The topological polar surface area (TPSA) is 73.2 Å². The zero-order valence-corrected chi connectivity index (χ0v) is 15.5. The number of para-hydroxylation sites is 1. The van der Waals surface area contributed by atoms with Gasteiger partial charge in [-0.05, 0) is 49.2 Å². The quantitative estimate of drug-likeness (QED) is 0.756. The SMILES string of the molecule is COc1ccccc1-c1cc(=O)n(CC(=O)Nc2ccc(C)c(C)c2)cn1. The number of carbonyl (C=O) groups is 1. The molecule has 0 saturated carbocycles. The van der Waals surface area contributed by atoms with Crippen molar-refractivity contribution in [1.82, 2.24) is 9.55 Å². The second-order valence-electron chi connectivity index (χ2n) is 6.29. The molecule has 0 bridgehead atoms. The molecule has 0 saturated heterocycles. The second kappa shape index (κ2) is 7.86. The van der Waals surface area contributed by atoms with Crippen molar-refractivity contribution in [3.8, 4) is 17.0 Å². The van der Waals surface area contributed by atoms with E-state index in [-0.39, 0.29) is 18.0 Å². The van der Waals surface area contributed by atoms with Gasteiger partial charge in [0.2, 0.25) is 5.91 Å². The van der Waals surface area contributed by atoms with Gasteiger partial charge in [0.1, 0.15) is 12.3 Å². The first kappa shape index (κ1) is 18.4. The van der Waals surface area contributed by atoms with Crippen LogP contribution in [0.15, 0.2) is 59.7 Å². The summed E-state index contributed by atoms with van der Waals surface area (Å²) in [5, 5.41) is 2.80. The van der Waals surface area contributed by atoms with E-state index in [1.54, 1.807) is 13.2 Å². The van der Waals surface area contributed by atoms with E-state index in [1.807, 2.05) is 50.2 Å².